The van der Waals surface area contributed by atoms with E-state index in [2.05, 4.69) is 10.5 Å². The van der Waals surface area contributed by atoms with Gasteiger partial charge in [-0.25, -0.2) is 5.43 Å². The molecule has 0 bridgehead atoms. The molecule has 0 aliphatic rings. The molecule has 0 radical (unpaired) electrons. The molecule has 4 rings (SSSR count). The van der Waals surface area contributed by atoms with Crippen molar-refractivity contribution in [3.05, 3.63) is 82.0 Å². The van der Waals surface area contributed by atoms with Crippen LogP contribution in [0.15, 0.2) is 70.2 Å². The van der Waals surface area contributed by atoms with Crippen LogP contribution < -0.4 is 5.43 Å². The van der Waals surface area contributed by atoms with Crippen molar-refractivity contribution >= 4 is 57.1 Å². The standard InChI is InChI=1S/C20H12Cl2N2O2/c21-16-7-3-5-13(19(16)22)11-23-24-20(25)18-10-15-14-6-2-1-4-12(14)8-9-17(15)26-18/h1-11H,(H,24,25). The number of hydrogen-bond acceptors (Lipinski definition) is 3. The molecule has 128 valence electrons. The first kappa shape index (κ1) is 16.6. The predicted octanol–water partition coefficient (Wildman–Crippen LogP) is 5.66. The van der Waals surface area contributed by atoms with Gasteiger partial charge in [-0.15, -0.1) is 0 Å². The molecule has 0 aliphatic heterocycles. The Hall–Kier alpha value is -2.82. The van der Waals surface area contributed by atoms with E-state index < -0.39 is 5.91 Å². The minimum atomic E-state index is -0.445. The minimum absolute atomic E-state index is 0.186. The van der Waals surface area contributed by atoms with Crippen LogP contribution >= 0.6 is 23.2 Å². The van der Waals surface area contributed by atoms with Gasteiger partial charge in [0.05, 0.1) is 16.3 Å². The van der Waals surface area contributed by atoms with Crippen LogP contribution in [0.5, 0.6) is 0 Å². The van der Waals surface area contributed by atoms with Gasteiger partial charge >= 0.3 is 5.91 Å². The van der Waals surface area contributed by atoms with Crippen LogP contribution in [0.1, 0.15) is 16.1 Å². The topological polar surface area (TPSA) is 54.6 Å². The number of carbonyl (C=O) groups is 1. The summed E-state index contributed by atoms with van der Waals surface area (Å²) in [6, 6.07) is 18.6. The molecule has 4 nitrogen and oxygen atoms in total. The van der Waals surface area contributed by atoms with E-state index in [1.165, 1.54) is 6.21 Å². The average molecular weight is 383 g/mol. The van der Waals surface area contributed by atoms with Crippen molar-refractivity contribution in [2.45, 2.75) is 0 Å². The number of hydrogen-bond donors (Lipinski definition) is 1. The van der Waals surface area contributed by atoms with Crippen LogP contribution in [0.3, 0.4) is 0 Å². The van der Waals surface area contributed by atoms with E-state index in [0.717, 1.165) is 16.2 Å². The van der Waals surface area contributed by atoms with E-state index in [-0.39, 0.29) is 5.76 Å². The van der Waals surface area contributed by atoms with E-state index in [0.29, 0.717) is 21.2 Å². The summed E-state index contributed by atoms with van der Waals surface area (Å²) < 4.78 is 5.65. The van der Waals surface area contributed by atoms with Crippen LogP contribution in [0.25, 0.3) is 21.7 Å². The molecule has 0 spiro atoms. The number of halogens is 2. The molecule has 6 heteroatoms. The maximum atomic E-state index is 12.3. The summed E-state index contributed by atoms with van der Waals surface area (Å²) in [5, 5.41) is 7.72. The second-order valence-corrected chi connectivity index (χ2v) is 6.44. The first-order chi connectivity index (χ1) is 12.6. The van der Waals surface area contributed by atoms with Gasteiger partial charge in [0.15, 0.2) is 5.76 Å². The number of carbonyl (C=O) groups excluding carboxylic acids is 1. The Morgan fingerprint density at radius 1 is 1.00 bits per heavy atom. The van der Waals surface area contributed by atoms with Crippen LogP contribution in [-0.4, -0.2) is 12.1 Å². The summed E-state index contributed by atoms with van der Waals surface area (Å²) >= 11 is 12.0. The van der Waals surface area contributed by atoms with E-state index in [1.54, 1.807) is 24.3 Å². The lowest BCUT2D eigenvalue weighted by Gasteiger charge is -1.99. The van der Waals surface area contributed by atoms with Gasteiger partial charge in [-0.3, -0.25) is 4.79 Å². The Bertz CT molecular complexity index is 1170. The van der Waals surface area contributed by atoms with Crippen molar-refractivity contribution in [1.29, 1.82) is 0 Å². The third-order valence-electron chi connectivity index (χ3n) is 4.00. The fraction of sp³-hybridized carbons (Fsp3) is 0. The van der Waals surface area contributed by atoms with Gasteiger partial charge in [-0.05, 0) is 29.0 Å². The maximum Gasteiger partial charge on any atom is 0.307 e. The molecule has 0 saturated heterocycles. The number of benzene rings is 3. The summed E-state index contributed by atoms with van der Waals surface area (Å²) in [4.78, 5) is 12.3. The quantitative estimate of drug-likeness (QED) is 0.367. The first-order valence-electron chi connectivity index (χ1n) is 7.82. The van der Waals surface area contributed by atoms with Crippen molar-refractivity contribution in [3.8, 4) is 0 Å². The molecule has 0 aliphatic carbocycles. The SMILES string of the molecule is O=C(NN=Cc1cccc(Cl)c1Cl)c1cc2c(ccc3ccccc32)o1. The highest BCUT2D eigenvalue weighted by atomic mass is 35.5. The molecule has 0 saturated carbocycles. The Kier molecular flexibility index (Phi) is 4.37. The normalized spacial score (nSPS) is 11.5. The lowest BCUT2D eigenvalue weighted by molar-refractivity contribution is 0.0929. The highest BCUT2D eigenvalue weighted by molar-refractivity contribution is 6.43. The zero-order valence-electron chi connectivity index (χ0n) is 13.4. The Morgan fingerprint density at radius 3 is 2.73 bits per heavy atom. The van der Waals surface area contributed by atoms with Gasteiger partial charge in [-0.1, -0.05) is 65.7 Å². The Balaban J connectivity index is 1.59. The molecule has 26 heavy (non-hydrogen) atoms. The zero-order chi connectivity index (χ0) is 18.1. The predicted molar refractivity (Wildman–Crippen MR) is 105 cm³/mol. The number of nitrogens with one attached hydrogen (secondary N) is 1. The zero-order valence-corrected chi connectivity index (χ0v) is 14.9. The number of fused-ring (bicyclic) bond motifs is 3. The Morgan fingerprint density at radius 2 is 1.85 bits per heavy atom. The fourth-order valence-corrected chi connectivity index (χ4v) is 3.10. The van der Waals surface area contributed by atoms with Crippen LogP contribution in [0.2, 0.25) is 10.0 Å². The molecule has 4 aromatic rings. The number of furan rings is 1. The molecule has 3 aromatic carbocycles. The minimum Gasteiger partial charge on any atom is -0.451 e. The summed E-state index contributed by atoms with van der Waals surface area (Å²) in [5.74, 6) is -0.259. The van der Waals surface area contributed by atoms with Gasteiger partial charge in [0.2, 0.25) is 0 Å². The van der Waals surface area contributed by atoms with Gasteiger partial charge in [0.25, 0.3) is 0 Å². The molecule has 0 unspecified atom stereocenters. The second kappa shape index (κ2) is 6.83. The largest absolute Gasteiger partial charge is 0.451 e. The summed E-state index contributed by atoms with van der Waals surface area (Å²) in [6.07, 6.45) is 1.43. The van der Waals surface area contributed by atoms with Crippen LogP contribution in [-0.2, 0) is 0 Å². The molecule has 0 atom stereocenters. The maximum absolute atomic E-state index is 12.3. The lowest BCUT2D eigenvalue weighted by atomic mass is 10.1. The van der Waals surface area contributed by atoms with Crippen molar-refractivity contribution in [2.75, 3.05) is 0 Å². The number of rotatable bonds is 3. The van der Waals surface area contributed by atoms with Gasteiger partial charge in [0.1, 0.15) is 5.58 Å². The average Bonchev–Trinajstić information content (AvgIpc) is 3.10. The van der Waals surface area contributed by atoms with E-state index in [9.17, 15) is 4.79 Å². The van der Waals surface area contributed by atoms with Gasteiger partial charge in [-0.2, -0.15) is 5.10 Å². The number of nitrogens with zero attached hydrogens (tertiary/aromatic N) is 1. The highest BCUT2D eigenvalue weighted by Crippen LogP contribution is 2.28. The van der Waals surface area contributed by atoms with Crippen molar-refractivity contribution < 1.29 is 9.21 Å². The lowest BCUT2D eigenvalue weighted by Crippen LogP contribution is -2.16. The highest BCUT2D eigenvalue weighted by Gasteiger charge is 2.13. The van der Waals surface area contributed by atoms with Crippen molar-refractivity contribution in [2.24, 2.45) is 5.10 Å². The number of amides is 1. The molecule has 1 amide bonds. The monoisotopic (exact) mass is 382 g/mol. The number of hydrazone groups is 1. The second-order valence-electron chi connectivity index (χ2n) is 5.65. The van der Waals surface area contributed by atoms with E-state index >= 15 is 0 Å². The smallest absolute Gasteiger partial charge is 0.307 e. The molecule has 0 fully saturated rings. The third-order valence-corrected chi connectivity index (χ3v) is 4.83. The molecular formula is C20H12Cl2N2O2. The fourth-order valence-electron chi connectivity index (χ4n) is 2.74. The van der Waals surface area contributed by atoms with E-state index in [1.807, 2.05) is 36.4 Å². The van der Waals surface area contributed by atoms with Crippen LogP contribution in [0.4, 0.5) is 0 Å². The summed E-state index contributed by atoms with van der Waals surface area (Å²) in [7, 11) is 0. The first-order valence-corrected chi connectivity index (χ1v) is 8.58. The van der Waals surface area contributed by atoms with E-state index in [4.69, 9.17) is 27.6 Å². The summed E-state index contributed by atoms with van der Waals surface area (Å²) in [6.45, 7) is 0. The molecule has 1 N–H and O–H groups in total. The van der Waals surface area contributed by atoms with Crippen LogP contribution in [0, 0.1) is 0 Å². The molecule has 1 aromatic heterocycles. The van der Waals surface area contributed by atoms with Gasteiger partial charge in [0, 0.05) is 10.9 Å². The summed E-state index contributed by atoms with van der Waals surface area (Å²) in [5.41, 5.74) is 3.69. The van der Waals surface area contributed by atoms with Gasteiger partial charge < -0.3 is 4.42 Å². The Labute approximate surface area is 159 Å². The third kappa shape index (κ3) is 3.05. The molecular weight excluding hydrogens is 371 g/mol. The molecule has 1 heterocycles. The van der Waals surface area contributed by atoms with Crippen molar-refractivity contribution in [3.63, 3.8) is 0 Å². The van der Waals surface area contributed by atoms with Crippen molar-refractivity contribution in [1.82, 2.24) is 5.43 Å².